The second kappa shape index (κ2) is 9.57. The Morgan fingerprint density at radius 2 is 1.67 bits per heavy atom. The molecular formula is C28H31NO4. The van der Waals surface area contributed by atoms with E-state index in [4.69, 9.17) is 14.2 Å². The summed E-state index contributed by atoms with van der Waals surface area (Å²) in [6, 6.07) is 22.0. The Kier molecular flexibility index (Phi) is 6.59. The predicted octanol–water partition coefficient (Wildman–Crippen LogP) is 5.92. The molecule has 1 aliphatic heterocycles. The maximum atomic E-state index is 13.1. The van der Waals surface area contributed by atoms with Crippen LogP contribution < -0.4 is 19.5 Å². The summed E-state index contributed by atoms with van der Waals surface area (Å²) >= 11 is 0. The molecule has 0 saturated heterocycles. The summed E-state index contributed by atoms with van der Waals surface area (Å²) in [5.41, 5.74) is 4.15. The standard InChI is InChI=1S/C28H31NO4/c1-28(2,3)21-10-8-19(9-11-21)24(20-6-5-7-23(16-20)31-4)18-27(30)29-22-12-13-25-26(17-22)33-15-14-32-25/h5-13,16-17,24H,14-15,18H2,1-4H3,(H,29,30). The van der Waals surface area contributed by atoms with Gasteiger partial charge in [-0.1, -0.05) is 57.2 Å². The van der Waals surface area contributed by atoms with E-state index in [1.54, 1.807) is 7.11 Å². The third-order valence-electron chi connectivity index (χ3n) is 5.89. The lowest BCUT2D eigenvalue weighted by molar-refractivity contribution is -0.116. The highest BCUT2D eigenvalue weighted by molar-refractivity contribution is 5.92. The summed E-state index contributed by atoms with van der Waals surface area (Å²) in [6.07, 6.45) is 0.302. The smallest absolute Gasteiger partial charge is 0.225 e. The number of ether oxygens (including phenoxy) is 3. The van der Waals surface area contributed by atoms with E-state index < -0.39 is 0 Å². The second-order valence-electron chi connectivity index (χ2n) is 9.31. The maximum absolute atomic E-state index is 13.1. The van der Waals surface area contributed by atoms with Gasteiger partial charge in [-0.15, -0.1) is 0 Å². The van der Waals surface area contributed by atoms with Crippen molar-refractivity contribution in [1.82, 2.24) is 0 Å². The average Bonchev–Trinajstić information content (AvgIpc) is 2.82. The van der Waals surface area contributed by atoms with Gasteiger partial charge < -0.3 is 19.5 Å². The molecule has 0 saturated carbocycles. The Hall–Kier alpha value is -3.47. The Morgan fingerprint density at radius 3 is 2.36 bits per heavy atom. The summed E-state index contributed by atoms with van der Waals surface area (Å²) in [6.45, 7) is 7.63. The molecule has 0 spiro atoms. The molecular weight excluding hydrogens is 414 g/mol. The summed E-state index contributed by atoms with van der Waals surface area (Å²) < 4.78 is 16.6. The number of anilines is 1. The van der Waals surface area contributed by atoms with Crippen molar-refractivity contribution in [2.75, 3.05) is 25.6 Å². The lowest BCUT2D eigenvalue weighted by atomic mass is 9.83. The molecule has 1 amide bonds. The summed E-state index contributed by atoms with van der Waals surface area (Å²) in [5, 5.41) is 3.02. The minimum absolute atomic E-state index is 0.0690. The fourth-order valence-corrected chi connectivity index (χ4v) is 4.02. The molecule has 3 aromatic rings. The number of fused-ring (bicyclic) bond motifs is 1. The third kappa shape index (κ3) is 5.48. The lowest BCUT2D eigenvalue weighted by Crippen LogP contribution is -2.18. The number of hydrogen-bond donors (Lipinski definition) is 1. The van der Waals surface area contributed by atoms with Gasteiger partial charge in [0.25, 0.3) is 0 Å². The zero-order chi connectivity index (χ0) is 23.4. The van der Waals surface area contributed by atoms with Crippen molar-refractivity contribution in [3.8, 4) is 17.2 Å². The van der Waals surface area contributed by atoms with Crippen LogP contribution in [-0.2, 0) is 10.2 Å². The zero-order valence-corrected chi connectivity index (χ0v) is 19.7. The molecule has 1 unspecified atom stereocenters. The van der Waals surface area contributed by atoms with Crippen molar-refractivity contribution < 1.29 is 19.0 Å². The maximum Gasteiger partial charge on any atom is 0.225 e. The zero-order valence-electron chi connectivity index (χ0n) is 19.7. The number of methoxy groups -OCH3 is 1. The molecule has 5 nitrogen and oxygen atoms in total. The highest BCUT2D eigenvalue weighted by Gasteiger charge is 2.21. The van der Waals surface area contributed by atoms with Gasteiger partial charge in [0.05, 0.1) is 7.11 Å². The topological polar surface area (TPSA) is 56.8 Å². The number of carbonyl (C=O) groups is 1. The van der Waals surface area contributed by atoms with Gasteiger partial charge in [-0.3, -0.25) is 4.79 Å². The monoisotopic (exact) mass is 445 g/mol. The van der Waals surface area contributed by atoms with E-state index in [9.17, 15) is 4.79 Å². The van der Waals surface area contributed by atoms with E-state index in [-0.39, 0.29) is 17.2 Å². The molecule has 0 aromatic heterocycles. The van der Waals surface area contributed by atoms with Gasteiger partial charge in [0.15, 0.2) is 11.5 Å². The molecule has 0 fully saturated rings. The first-order valence-electron chi connectivity index (χ1n) is 11.3. The van der Waals surface area contributed by atoms with Gasteiger partial charge >= 0.3 is 0 Å². The van der Waals surface area contributed by atoms with Crippen molar-refractivity contribution in [3.05, 3.63) is 83.4 Å². The van der Waals surface area contributed by atoms with Crippen molar-refractivity contribution >= 4 is 11.6 Å². The molecule has 1 aliphatic rings. The number of amides is 1. The molecule has 0 bridgehead atoms. The van der Waals surface area contributed by atoms with E-state index in [0.717, 1.165) is 16.9 Å². The Bertz CT molecular complexity index is 1120. The molecule has 3 aromatic carbocycles. The normalized spacial score (nSPS) is 13.8. The van der Waals surface area contributed by atoms with Crippen LogP contribution in [0.1, 0.15) is 49.8 Å². The van der Waals surface area contributed by atoms with E-state index >= 15 is 0 Å². The van der Waals surface area contributed by atoms with Crippen LogP contribution in [0, 0.1) is 0 Å². The molecule has 5 heteroatoms. The van der Waals surface area contributed by atoms with Crippen molar-refractivity contribution in [2.45, 2.75) is 38.5 Å². The second-order valence-corrected chi connectivity index (χ2v) is 9.31. The molecule has 1 atom stereocenters. The summed E-state index contributed by atoms with van der Waals surface area (Å²) in [4.78, 5) is 13.1. The fraction of sp³-hybridized carbons (Fsp3) is 0.321. The molecule has 33 heavy (non-hydrogen) atoms. The highest BCUT2D eigenvalue weighted by Crippen LogP contribution is 2.35. The van der Waals surface area contributed by atoms with Crippen LogP contribution in [0.4, 0.5) is 5.69 Å². The number of rotatable bonds is 6. The van der Waals surface area contributed by atoms with Crippen LogP contribution in [0.3, 0.4) is 0 Å². The van der Waals surface area contributed by atoms with Gasteiger partial charge in [-0.05, 0) is 46.4 Å². The number of benzene rings is 3. The predicted molar refractivity (Wildman–Crippen MR) is 131 cm³/mol. The van der Waals surface area contributed by atoms with Gasteiger partial charge in [-0.2, -0.15) is 0 Å². The highest BCUT2D eigenvalue weighted by atomic mass is 16.6. The Balaban J connectivity index is 1.58. The van der Waals surface area contributed by atoms with Crippen LogP contribution in [0.25, 0.3) is 0 Å². The molecule has 0 aliphatic carbocycles. The third-order valence-corrected chi connectivity index (χ3v) is 5.89. The van der Waals surface area contributed by atoms with E-state index in [2.05, 4.69) is 50.4 Å². The molecule has 0 radical (unpaired) electrons. The lowest BCUT2D eigenvalue weighted by Gasteiger charge is -2.22. The fourth-order valence-electron chi connectivity index (χ4n) is 4.02. The summed E-state index contributed by atoms with van der Waals surface area (Å²) in [5.74, 6) is 1.95. The van der Waals surface area contributed by atoms with Crippen LogP contribution >= 0.6 is 0 Å². The SMILES string of the molecule is COc1cccc(C(CC(=O)Nc2ccc3c(c2)OCCO3)c2ccc(C(C)(C)C)cc2)c1. The van der Waals surface area contributed by atoms with Crippen LogP contribution in [0.15, 0.2) is 66.7 Å². The molecule has 4 rings (SSSR count). The quantitative estimate of drug-likeness (QED) is 0.511. The van der Waals surface area contributed by atoms with Crippen molar-refractivity contribution in [2.24, 2.45) is 0 Å². The van der Waals surface area contributed by atoms with Gasteiger partial charge in [0.1, 0.15) is 19.0 Å². The van der Waals surface area contributed by atoms with Crippen LogP contribution in [0.5, 0.6) is 17.2 Å². The van der Waals surface area contributed by atoms with Gasteiger partial charge in [-0.25, -0.2) is 0 Å². The van der Waals surface area contributed by atoms with Crippen LogP contribution in [0.2, 0.25) is 0 Å². The first-order chi connectivity index (χ1) is 15.8. The first-order valence-corrected chi connectivity index (χ1v) is 11.3. The van der Waals surface area contributed by atoms with Gasteiger partial charge in [0.2, 0.25) is 5.91 Å². The van der Waals surface area contributed by atoms with Crippen molar-refractivity contribution in [1.29, 1.82) is 0 Å². The Morgan fingerprint density at radius 1 is 0.939 bits per heavy atom. The minimum atomic E-state index is -0.105. The first kappa shape index (κ1) is 22.7. The van der Waals surface area contributed by atoms with E-state index in [0.29, 0.717) is 36.8 Å². The van der Waals surface area contributed by atoms with E-state index in [1.165, 1.54) is 5.56 Å². The molecule has 172 valence electrons. The van der Waals surface area contributed by atoms with Crippen molar-refractivity contribution in [3.63, 3.8) is 0 Å². The largest absolute Gasteiger partial charge is 0.497 e. The van der Waals surface area contributed by atoms with Gasteiger partial charge in [0, 0.05) is 24.1 Å². The summed E-state index contributed by atoms with van der Waals surface area (Å²) in [7, 11) is 1.65. The van der Waals surface area contributed by atoms with Crippen LogP contribution in [-0.4, -0.2) is 26.2 Å². The van der Waals surface area contributed by atoms with E-state index in [1.807, 2.05) is 42.5 Å². The minimum Gasteiger partial charge on any atom is -0.497 e. The number of hydrogen-bond acceptors (Lipinski definition) is 4. The molecule has 1 heterocycles. The number of nitrogens with one attached hydrogen (secondary N) is 1. The number of carbonyl (C=O) groups excluding carboxylic acids is 1. The average molecular weight is 446 g/mol. The Labute approximate surface area is 195 Å². The molecule has 1 N–H and O–H groups in total.